The Bertz CT molecular complexity index is 291. The van der Waals surface area contributed by atoms with E-state index in [0.29, 0.717) is 9.36 Å². The van der Waals surface area contributed by atoms with Crippen molar-refractivity contribution >= 4 is 46.9 Å². The molecule has 0 spiro atoms. The van der Waals surface area contributed by atoms with Gasteiger partial charge in [0.25, 0.3) is 0 Å². The Labute approximate surface area is 111 Å². The van der Waals surface area contributed by atoms with Gasteiger partial charge in [0, 0.05) is 19.6 Å². The molecule has 1 rings (SSSR count). The molecule has 1 heterocycles. The molecule has 88 valence electrons. The summed E-state index contributed by atoms with van der Waals surface area (Å²) in [5.74, 6) is 0. The lowest BCUT2D eigenvalue weighted by molar-refractivity contribution is 0.328. The van der Waals surface area contributed by atoms with Crippen molar-refractivity contribution in [3.8, 4) is 0 Å². The van der Waals surface area contributed by atoms with Gasteiger partial charge in [-0.05, 0) is 25.0 Å². The van der Waals surface area contributed by atoms with E-state index in [1.54, 1.807) is 0 Å². The zero-order valence-corrected chi connectivity index (χ0v) is 11.9. The first-order chi connectivity index (χ1) is 6.65. The number of nitrogens with one attached hydrogen (secondary N) is 1. The second kappa shape index (κ2) is 7.71. The molecule has 0 bridgehead atoms. The van der Waals surface area contributed by atoms with Crippen molar-refractivity contribution in [2.24, 2.45) is 0 Å². The Morgan fingerprint density at radius 3 is 2.60 bits per heavy atom. The SMILES string of the molecule is CNCCN(C)Cc1csc(Cl)c1Cl.Cl. The van der Waals surface area contributed by atoms with E-state index in [1.165, 1.54) is 11.3 Å². The summed E-state index contributed by atoms with van der Waals surface area (Å²) in [7, 11) is 4.02. The first-order valence-electron chi connectivity index (χ1n) is 4.39. The lowest BCUT2D eigenvalue weighted by atomic mass is 10.3. The molecule has 15 heavy (non-hydrogen) atoms. The van der Waals surface area contributed by atoms with Crippen LogP contribution in [0.2, 0.25) is 9.36 Å². The smallest absolute Gasteiger partial charge is 0.112 e. The highest BCUT2D eigenvalue weighted by Gasteiger charge is 2.09. The zero-order chi connectivity index (χ0) is 10.6. The van der Waals surface area contributed by atoms with Crippen molar-refractivity contribution in [3.05, 3.63) is 20.3 Å². The van der Waals surface area contributed by atoms with Crippen molar-refractivity contribution in [2.45, 2.75) is 6.54 Å². The summed E-state index contributed by atoms with van der Waals surface area (Å²) >= 11 is 13.4. The van der Waals surface area contributed by atoms with Crippen molar-refractivity contribution < 1.29 is 0 Å². The predicted molar refractivity (Wildman–Crippen MR) is 71.8 cm³/mol. The third-order valence-electron chi connectivity index (χ3n) is 1.94. The Kier molecular flexibility index (Phi) is 7.96. The molecule has 0 amide bonds. The molecule has 6 heteroatoms. The Morgan fingerprint density at radius 2 is 2.13 bits per heavy atom. The minimum Gasteiger partial charge on any atom is -0.318 e. The van der Waals surface area contributed by atoms with E-state index >= 15 is 0 Å². The molecule has 0 aliphatic rings. The van der Waals surface area contributed by atoms with Crippen molar-refractivity contribution in [1.29, 1.82) is 0 Å². The van der Waals surface area contributed by atoms with Gasteiger partial charge >= 0.3 is 0 Å². The highest BCUT2D eigenvalue weighted by atomic mass is 35.5. The number of rotatable bonds is 5. The molecule has 0 aliphatic heterocycles. The summed E-state index contributed by atoms with van der Waals surface area (Å²) in [6, 6.07) is 0. The van der Waals surface area contributed by atoms with Crippen molar-refractivity contribution in [1.82, 2.24) is 10.2 Å². The van der Waals surface area contributed by atoms with Crippen molar-refractivity contribution in [3.63, 3.8) is 0 Å². The quantitative estimate of drug-likeness (QED) is 0.896. The molecular weight excluding hydrogens is 275 g/mol. The molecule has 0 aliphatic carbocycles. The fourth-order valence-corrected chi connectivity index (χ4v) is 2.37. The normalized spacial score (nSPS) is 10.5. The van der Waals surface area contributed by atoms with Crippen LogP contribution in [0.15, 0.2) is 5.38 Å². The average molecular weight is 290 g/mol. The van der Waals surface area contributed by atoms with Crippen molar-refractivity contribution in [2.75, 3.05) is 27.2 Å². The van der Waals surface area contributed by atoms with Gasteiger partial charge in [-0.25, -0.2) is 0 Å². The maximum absolute atomic E-state index is 6.02. The molecule has 0 atom stereocenters. The predicted octanol–water partition coefficient (Wildman–Crippen LogP) is 3.13. The van der Waals surface area contributed by atoms with Crippen LogP contribution < -0.4 is 5.32 Å². The third kappa shape index (κ3) is 4.89. The lowest BCUT2D eigenvalue weighted by Crippen LogP contribution is -2.26. The van der Waals surface area contributed by atoms with E-state index < -0.39 is 0 Å². The van der Waals surface area contributed by atoms with Gasteiger partial charge in [-0.1, -0.05) is 23.2 Å². The summed E-state index contributed by atoms with van der Waals surface area (Å²) in [5, 5.41) is 5.82. The Hall–Kier alpha value is 0.490. The van der Waals surface area contributed by atoms with Crippen LogP contribution in [0.4, 0.5) is 0 Å². The maximum atomic E-state index is 6.02. The number of hydrogen-bond donors (Lipinski definition) is 1. The van der Waals surface area contributed by atoms with Crippen LogP contribution >= 0.6 is 46.9 Å². The van der Waals surface area contributed by atoms with Crippen LogP contribution in [0.25, 0.3) is 0 Å². The van der Waals surface area contributed by atoms with Gasteiger partial charge in [0.1, 0.15) is 4.34 Å². The molecule has 1 aromatic rings. The zero-order valence-electron chi connectivity index (χ0n) is 8.72. The Balaban J connectivity index is 0.00000196. The van der Waals surface area contributed by atoms with Crippen LogP contribution in [0.5, 0.6) is 0 Å². The average Bonchev–Trinajstić information content (AvgIpc) is 2.46. The molecule has 0 saturated heterocycles. The second-order valence-corrected chi connectivity index (χ2v) is 5.05. The van der Waals surface area contributed by atoms with Gasteiger partial charge in [0.05, 0.1) is 5.02 Å². The standard InChI is InChI=1S/C9H14Cl2N2S.ClH/c1-12-3-4-13(2)5-7-6-14-9(11)8(7)10;/h6,12H,3-5H2,1-2H3;1H. The van der Waals surface area contributed by atoms with Gasteiger partial charge in [0.15, 0.2) is 0 Å². The Morgan fingerprint density at radius 1 is 1.47 bits per heavy atom. The van der Waals surface area contributed by atoms with Gasteiger partial charge in [-0.2, -0.15) is 0 Å². The largest absolute Gasteiger partial charge is 0.318 e. The number of thiophene rings is 1. The van der Waals surface area contributed by atoms with Gasteiger partial charge in [0.2, 0.25) is 0 Å². The van der Waals surface area contributed by atoms with Crippen LogP contribution in [0.3, 0.4) is 0 Å². The second-order valence-electron chi connectivity index (χ2n) is 3.19. The fourth-order valence-electron chi connectivity index (χ4n) is 1.13. The van der Waals surface area contributed by atoms with E-state index in [1.807, 2.05) is 12.4 Å². The highest BCUT2D eigenvalue weighted by molar-refractivity contribution is 7.15. The van der Waals surface area contributed by atoms with Crippen LogP contribution in [0.1, 0.15) is 5.56 Å². The molecule has 0 fully saturated rings. The number of halogens is 3. The molecular formula is C9H15Cl3N2S. The number of likely N-dealkylation sites (N-methyl/N-ethyl adjacent to an activating group) is 2. The van der Waals surface area contributed by atoms with E-state index in [0.717, 1.165) is 25.2 Å². The fraction of sp³-hybridized carbons (Fsp3) is 0.556. The summed E-state index contributed by atoms with van der Waals surface area (Å²) in [4.78, 5) is 2.21. The number of hydrogen-bond acceptors (Lipinski definition) is 3. The van der Waals surface area contributed by atoms with Crippen LogP contribution in [-0.2, 0) is 6.54 Å². The molecule has 2 nitrogen and oxygen atoms in total. The first kappa shape index (κ1) is 15.5. The molecule has 0 unspecified atom stereocenters. The van der Waals surface area contributed by atoms with Gasteiger partial charge in [-0.15, -0.1) is 23.7 Å². The van der Waals surface area contributed by atoms with Gasteiger partial charge < -0.3 is 10.2 Å². The van der Waals surface area contributed by atoms with Crippen LogP contribution in [0, 0.1) is 0 Å². The lowest BCUT2D eigenvalue weighted by Gasteiger charge is -2.15. The third-order valence-corrected chi connectivity index (χ3v) is 3.85. The highest BCUT2D eigenvalue weighted by Crippen LogP contribution is 2.32. The first-order valence-corrected chi connectivity index (χ1v) is 6.03. The summed E-state index contributed by atoms with van der Waals surface area (Å²) in [6.45, 7) is 2.83. The molecule has 0 radical (unpaired) electrons. The molecule has 0 aromatic carbocycles. The van der Waals surface area contributed by atoms with E-state index in [2.05, 4.69) is 17.3 Å². The summed E-state index contributed by atoms with van der Waals surface area (Å²) in [6.07, 6.45) is 0. The van der Waals surface area contributed by atoms with E-state index in [4.69, 9.17) is 23.2 Å². The molecule has 1 N–H and O–H groups in total. The van der Waals surface area contributed by atoms with E-state index in [9.17, 15) is 0 Å². The maximum Gasteiger partial charge on any atom is 0.112 e. The molecule has 0 saturated carbocycles. The summed E-state index contributed by atoms with van der Waals surface area (Å²) in [5.41, 5.74) is 1.11. The monoisotopic (exact) mass is 288 g/mol. The summed E-state index contributed by atoms with van der Waals surface area (Å²) < 4.78 is 0.684. The minimum absolute atomic E-state index is 0. The topological polar surface area (TPSA) is 15.3 Å². The molecule has 1 aromatic heterocycles. The van der Waals surface area contributed by atoms with E-state index in [-0.39, 0.29) is 12.4 Å². The number of nitrogens with zero attached hydrogens (tertiary/aromatic N) is 1. The van der Waals surface area contributed by atoms with Gasteiger partial charge in [-0.3, -0.25) is 0 Å². The minimum atomic E-state index is 0. The van der Waals surface area contributed by atoms with Crippen LogP contribution in [-0.4, -0.2) is 32.1 Å².